The minimum atomic E-state index is -0.0186. The lowest BCUT2D eigenvalue weighted by Crippen LogP contribution is -2.63. The van der Waals surface area contributed by atoms with Crippen LogP contribution in [0.5, 0.6) is 5.88 Å². The van der Waals surface area contributed by atoms with Crippen molar-refractivity contribution in [3.63, 3.8) is 0 Å². The van der Waals surface area contributed by atoms with Crippen LogP contribution >= 0.6 is 11.6 Å². The van der Waals surface area contributed by atoms with E-state index in [-0.39, 0.29) is 11.9 Å². The molecule has 8 heteroatoms. The Kier molecular flexibility index (Phi) is 5.66. The first-order valence-corrected chi connectivity index (χ1v) is 12.3. The van der Waals surface area contributed by atoms with Gasteiger partial charge in [0.25, 0.3) is 5.91 Å². The first-order valence-electron chi connectivity index (χ1n) is 11.9. The van der Waals surface area contributed by atoms with E-state index in [4.69, 9.17) is 21.3 Å². The summed E-state index contributed by atoms with van der Waals surface area (Å²) in [6.07, 6.45) is 4.16. The molecule has 3 aliphatic rings. The molecule has 7 nitrogen and oxygen atoms in total. The molecule has 35 heavy (non-hydrogen) atoms. The van der Waals surface area contributed by atoms with Crippen LogP contribution in [0, 0.1) is 0 Å². The average Bonchev–Trinajstić information content (AvgIpc) is 3.27. The number of hydrogen-bond acceptors (Lipinski definition) is 5. The van der Waals surface area contributed by atoms with Gasteiger partial charge in [-0.2, -0.15) is 0 Å². The number of halogens is 1. The Labute approximate surface area is 208 Å². The lowest BCUT2D eigenvalue weighted by atomic mass is 9.90. The molecular formula is C27H26ClN5O2. The fourth-order valence-electron chi connectivity index (χ4n) is 5.38. The molecule has 0 spiro atoms. The number of benzene rings is 1. The summed E-state index contributed by atoms with van der Waals surface area (Å²) < 4.78 is 7.39. The van der Waals surface area contributed by atoms with E-state index < -0.39 is 0 Å². The Morgan fingerprint density at radius 2 is 1.83 bits per heavy atom. The number of rotatable bonds is 5. The number of hydrogen-bond donors (Lipinski definition) is 0. The van der Waals surface area contributed by atoms with Gasteiger partial charge in [0, 0.05) is 54.6 Å². The molecule has 0 aliphatic carbocycles. The zero-order valence-electron chi connectivity index (χ0n) is 19.5. The number of carbonyl (C=O) groups is 1. The molecular weight excluding hydrogens is 462 g/mol. The fourth-order valence-corrected chi connectivity index (χ4v) is 5.51. The maximum atomic E-state index is 13.3. The number of piperidine rings is 2. The van der Waals surface area contributed by atoms with Crippen molar-refractivity contribution in [1.29, 1.82) is 0 Å². The summed E-state index contributed by atoms with van der Waals surface area (Å²) in [5, 5.41) is 0.711. The summed E-state index contributed by atoms with van der Waals surface area (Å²) in [7, 11) is 1.57. The van der Waals surface area contributed by atoms with E-state index in [1.165, 1.54) is 0 Å². The number of piperazine rings is 1. The molecule has 1 unspecified atom stereocenters. The summed E-state index contributed by atoms with van der Waals surface area (Å²) in [5.74, 6) is 0.442. The van der Waals surface area contributed by atoms with E-state index in [1.807, 2.05) is 53.4 Å². The summed E-state index contributed by atoms with van der Waals surface area (Å²) in [6, 6.07) is 19.7. The Balaban J connectivity index is 1.27. The number of carbonyl (C=O) groups excluding carboxylic acids is 1. The number of nitrogens with zero attached hydrogens (tertiary/aromatic N) is 5. The summed E-state index contributed by atoms with van der Waals surface area (Å²) in [4.78, 5) is 27.1. The summed E-state index contributed by atoms with van der Waals surface area (Å²) >= 11 is 6.14. The quantitative estimate of drug-likeness (QED) is 0.413. The van der Waals surface area contributed by atoms with Crippen molar-refractivity contribution < 1.29 is 9.53 Å². The number of fused-ring (bicyclic) bond motifs is 4. The number of ether oxygens (including phenoxy) is 1. The normalized spacial score (nSPS) is 19.9. The van der Waals surface area contributed by atoms with Crippen LogP contribution in [-0.2, 0) is 6.54 Å². The highest BCUT2D eigenvalue weighted by Gasteiger charge is 2.42. The lowest BCUT2D eigenvalue weighted by molar-refractivity contribution is -0.0162. The Hall–Kier alpha value is -3.42. The molecule has 4 aromatic rings. The van der Waals surface area contributed by atoms with Crippen LogP contribution < -0.4 is 4.74 Å². The molecule has 2 bridgehead atoms. The fraction of sp³-hybridized carbons (Fsp3) is 0.296. The van der Waals surface area contributed by atoms with Gasteiger partial charge >= 0.3 is 0 Å². The highest BCUT2D eigenvalue weighted by molar-refractivity contribution is 6.30. The predicted octanol–water partition coefficient (Wildman–Crippen LogP) is 4.55. The topological polar surface area (TPSA) is 63.0 Å². The van der Waals surface area contributed by atoms with Crippen LogP contribution in [0.25, 0.3) is 16.9 Å². The molecule has 3 saturated heterocycles. The third-order valence-electron chi connectivity index (χ3n) is 7.16. The average molecular weight is 488 g/mol. The molecule has 0 saturated carbocycles. The van der Waals surface area contributed by atoms with Gasteiger partial charge in [-0.25, -0.2) is 9.97 Å². The van der Waals surface area contributed by atoms with Crippen molar-refractivity contribution in [2.45, 2.75) is 31.5 Å². The van der Waals surface area contributed by atoms with Crippen molar-refractivity contribution in [1.82, 2.24) is 24.2 Å². The molecule has 2 atom stereocenters. The van der Waals surface area contributed by atoms with Gasteiger partial charge in [-0.3, -0.25) is 9.69 Å². The van der Waals surface area contributed by atoms with E-state index in [2.05, 4.69) is 20.5 Å². The van der Waals surface area contributed by atoms with Gasteiger partial charge in [-0.05, 0) is 43.2 Å². The zero-order chi connectivity index (χ0) is 23.9. The highest BCUT2D eigenvalue weighted by atomic mass is 35.5. The zero-order valence-corrected chi connectivity index (χ0v) is 20.2. The maximum Gasteiger partial charge on any atom is 0.272 e. The van der Waals surface area contributed by atoms with Crippen LogP contribution in [-0.4, -0.2) is 62.4 Å². The number of imidazole rings is 1. The second-order valence-electron chi connectivity index (χ2n) is 9.18. The molecule has 3 fully saturated rings. The second kappa shape index (κ2) is 8.98. The van der Waals surface area contributed by atoms with Crippen LogP contribution in [0.3, 0.4) is 0 Å². The molecule has 6 heterocycles. The highest BCUT2D eigenvalue weighted by Crippen LogP contribution is 2.33. The minimum absolute atomic E-state index is 0.0186. The van der Waals surface area contributed by atoms with E-state index in [0.717, 1.165) is 48.5 Å². The largest absolute Gasteiger partial charge is 0.481 e. The maximum absolute atomic E-state index is 13.3. The predicted molar refractivity (Wildman–Crippen MR) is 135 cm³/mol. The van der Waals surface area contributed by atoms with E-state index in [0.29, 0.717) is 29.2 Å². The molecule has 0 radical (unpaired) electrons. The van der Waals surface area contributed by atoms with Crippen molar-refractivity contribution >= 4 is 23.2 Å². The molecule has 1 amide bonds. The van der Waals surface area contributed by atoms with Crippen LogP contribution in [0.2, 0.25) is 5.02 Å². The Morgan fingerprint density at radius 3 is 2.60 bits per heavy atom. The molecule has 3 aromatic heterocycles. The van der Waals surface area contributed by atoms with Crippen LogP contribution in [0.1, 0.15) is 29.0 Å². The molecule has 3 aliphatic heterocycles. The number of aromatic nitrogens is 3. The lowest BCUT2D eigenvalue weighted by Gasteiger charge is -2.51. The SMILES string of the molecule is COc1cccc(C(=O)N2CC3CC[C@H]2CN3Cc2c(-c3ccc(Cl)cc3)nc3ccccn23)n1. The van der Waals surface area contributed by atoms with Crippen LogP contribution in [0.4, 0.5) is 0 Å². The molecule has 7 rings (SSSR count). The summed E-state index contributed by atoms with van der Waals surface area (Å²) in [5.41, 5.74) is 4.55. The standard InChI is InChI=1S/C27H26ClN5O2/c1-35-25-7-4-5-22(29-25)27(34)33-16-20-12-13-21(33)15-31(20)17-23-26(18-8-10-19(28)11-9-18)30-24-6-2-3-14-32(23)24/h2-11,14,20-21H,12-13,15-17H2,1H3/t20?,21-/m0/s1. The molecule has 1 aromatic carbocycles. The van der Waals surface area contributed by atoms with Gasteiger partial charge in [0.1, 0.15) is 11.3 Å². The molecule has 178 valence electrons. The van der Waals surface area contributed by atoms with Crippen molar-refractivity contribution in [3.8, 4) is 17.1 Å². The van der Waals surface area contributed by atoms with Gasteiger partial charge < -0.3 is 14.0 Å². The van der Waals surface area contributed by atoms with Gasteiger partial charge in [0.2, 0.25) is 5.88 Å². The van der Waals surface area contributed by atoms with E-state index in [9.17, 15) is 4.79 Å². The molecule has 0 N–H and O–H groups in total. The van der Waals surface area contributed by atoms with Crippen molar-refractivity contribution in [2.24, 2.45) is 0 Å². The van der Waals surface area contributed by atoms with Crippen molar-refractivity contribution in [2.75, 3.05) is 20.2 Å². The van der Waals surface area contributed by atoms with Gasteiger partial charge in [0.05, 0.1) is 18.5 Å². The third-order valence-corrected chi connectivity index (χ3v) is 7.41. The van der Waals surface area contributed by atoms with Gasteiger partial charge in [-0.1, -0.05) is 35.9 Å². The van der Waals surface area contributed by atoms with Gasteiger partial charge in [0.15, 0.2) is 0 Å². The van der Waals surface area contributed by atoms with Crippen molar-refractivity contribution in [3.05, 3.63) is 83.3 Å². The number of amides is 1. The Morgan fingerprint density at radius 1 is 1.00 bits per heavy atom. The summed E-state index contributed by atoms with van der Waals surface area (Å²) in [6.45, 7) is 2.31. The minimum Gasteiger partial charge on any atom is -0.481 e. The van der Waals surface area contributed by atoms with Crippen LogP contribution in [0.15, 0.2) is 66.9 Å². The monoisotopic (exact) mass is 487 g/mol. The second-order valence-corrected chi connectivity index (χ2v) is 9.62. The Bertz CT molecular complexity index is 1390. The first kappa shape index (κ1) is 22.1. The van der Waals surface area contributed by atoms with E-state index in [1.54, 1.807) is 19.2 Å². The third kappa shape index (κ3) is 4.05. The number of methoxy groups -OCH3 is 1. The smallest absolute Gasteiger partial charge is 0.272 e. The van der Waals surface area contributed by atoms with E-state index >= 15 is 0 Å². The number of pyridine rings is 2. The van der Waals surface area contributed by atoms with Gasteiger partial charge in [-0.15, -0.1) is 0 Å². The first-order chi connectivity index (χ1) is 17.1.